The van der Waals surface area contributed by atoms with Gasteiger partial charge in [-0.1, -0.05) is 47.0 Å². The highest BCUT2D eigenvalue weighted by Gasteiger charge is 2.19. The number of rotatable bonds is 7. The summed E-state index contributed by atoms with van der Waals surface area (Å²) in [6, 6.07) is 14.6. The molecule has 0 saturated heterocycles. The zero-order chi connectivity index (χ0) is 25.7. The van der Waals surface area contributed by atoms with Gasteiger partial charge in [-0.15, -0.1) is 0 Å². The molecule has 5 nitrogen and oxygen atoms in total. The zero-order valence-corrected chi connectivity index (χ0v) is 23.7. The first-order chi connectivity index (χ1) is 16.6. The van der Waals surface area contributed by atoms with E-state index >= 15 is 0 Å². The molecule has 0 aromatic heterocycles. The first kappa shape index (κ1) is 27.1. The van der Waals surface area contributed by atoms with Crippen LogP contribution in [-0.2, 0) is 11.4 Å². The van der Waals surface area contributed by atoms with Gasteiger partial charge in [0.2, 0.25) is 0 Å². The lowest BCUT2D eigenvalue weighted by Gasteiger charge is -2.16. The lowest BCUT2D eigenvalue weighted by Crippen LogP contribution is -2.14. The minimum Gasteiger partial charge on any atom is -0.493 e. The normalized spacial score (nSPS) is 11.1. The highest BCUT2D eigenvalue weighted by Crippen LogP contribution is 2.44. The van der Waals surface area contributed by atoms with Crippen LogP contribution in [-0.4, -0.2) is 13.0 Å². The molecule has 0 saturated carbocycles. The number of nitriles is 1. The van der Waals surface area contributed by atoms with E-state index in [1.165, 1.54) is 13.2 Å². The predicted molar refractivity (Wildman–Crippen MR) is 147 cm³/mol. The molecule has 0 radical (unpaired) electrons. The predicted octanol–water partition coefficient (Wildman–Crippen LogP) is 8.27. The molecule has 0 aliphatic heterocycles. The summed E-state index contributed by atoms with van der Waals surface area (Å²) < 4.78 is 12.7. The molecule has 0 fully saturated rings. The fourth-order valence-electron chi connectivity index (χ4n) is 3.23. The van der Waals surface area contributed by atoms with E-state index in [1.807, 2.05) is 44.2 Å². The number of amides is 1. The molecule has 3 rings (SSSR count). The molecule has 180 valence electrons. The fourth-order valence-corrected chi connectivity index (χ4v) is 4.50. The number of aryl methyl sites for hydroxylation is 2. The molecule has 9 heteroatoms. The molecule has 35 heavy (non-hydrogen) atoms. The van der Waals surface area contributed by atoms with Gasteiger partial charge in [-0.2, -0.15) is 5.26 Å². The molecule has 0 unspecified atom stereocenters. The average Bonchev–Trinajstić information content (AvgIpc) is 2.83. The van der Waals surface area contributed by atoms with E-state index in [0.717, 1.165) is 16.7 Å². The van der Waals surface area contributed by atoms with Crippen LogP contribution in [0.3, 0.4) is 0 Å². The first-order valence-corrected chi connectivity index (χ1v) is 12.6. The van der Waals surface area contributed by atoms with Crippen molar-refractivity contribution in [3.8, 4) is 17.6 Å². The van der Waals surface area contributed by atoms with Crippen molar-refractivity contribution in [2.45, 2.75) is 20.5 Å². The van der Waals surface area contributed by atoms with Crippen LogP contribution in [0.15, 0.2) is 57.0 Å². The number of nitrogens with zero attached hydrogens (tertiary/aromatic N) is 1. The second-order valence-electron chi connectivity index (χ2n) is 7.60. The number of hydrogen-bond acceptors (Lipinski definition) is 4. The summed E-state index contributed by atoms with van der Waals surface area (Å²) in [6.45, 7) is 4.09. The van der Waals surface area contributed by atoms with E-state index in [0.29, 0.717) is 41.7 Å². The SMILES string of the molecule is COc1cc(/C=C(/C#N)C(=O)Nc2ccc(C)cc2C)c(Br)c(Br)c1OCc1ccc(Cl)c(Cl)c1. The molecule has 0 heterocycles. The summed E-state index contributed by atoms with van der Waals surface area (Å²) in [5.74, 6) is 0.348. The Labute approximate surface area is 230 Å². The maximum atomic E-state index is 12.8. The smallest absolute Gasteiger partial charge is 0.266 e. The zero-order valence-electron chi connectivity index (χ0n) is 19.0. The standard InChI is InChI=1S/C26H20Br2Cl2N2O3/c1-14-4-7-21(15(2)8-14)32-26(33)18(12-31)10-17-11-22(34-3)25(24(28)23(17)27)35-13-16-5-6-19(29)20(30)9-16/h4-11H,13H2,1-3H3,(H,32,33)/b18-10-. The summed E-state index contributed by atoms with van der Waals surface area (Å²) in [4.78, 5) is 12.8. The van der Waals surface area contributed by atoms with Crippen LogP contribution in [0.5, 0.6) is 11.5 Å². The number of carbonyl (C=O) groups excluding carboxylic acids is 1. The van der Waals surface area contributed by atoms with Crippen LogP contribution in [0.1, 0.15) is 22.3 Å². The Morgan fingerprint density at radius 3 is 2.46 bits per heavy atom. The average molecular weight is 639 g/mol. The highest BCUT2D eigenvalue weighted by atomic mass is 79.9. The summed E-state index contributed by atoms with van der Waals surface area (Å²) in [6.07, 6.45) is 1.49. The van der Waals surface area contributed by atoms with Crippen LogP contribution >= 0.6 is 55.1 Å². The van der Waals surface area contributed by atoms with E-state index in [-0.39, 0.29) is 12.2 Å². The van der Waals surface area contributed by atoms with E-state index in [1.54, 1.807) is 18.2 Å². The second-order valence-corrected chi connectivity index (χ2v) is 10.0. The van der Waals surface area contributed by atoms with Gasteiger partial charge in [0.05, 0.1) is 21.6 Å². The highest BCUT2D eigenvalue weighted by molar-refractivity contribution is 9.13. The number of benzene rings is 3. The van der Waals surface area contributed by atoms with E-state index < -0.39 is 5.91 Å². The Morgan fingerprint density at radius 1 is 1.09 bits per heavy atom. The lowest BCUT2D eigenvalue weighted by molar-refractivity contribution is -0.112. The van der Waals surface area contributed by atoms with Gasteiger partial charge in [0.15, 0.2) is 11.5 Å². The maximum absolute atomic E-state index is 12.8. The molecule has 0 spiro atoms. The Hall–Kier alpha value is -2.50. The molecular formula is C26H20Br2Cl2N2O3. The molecule has 0 aliphatic rings. The fraction of sp³-hybridized carbons (Fsp3) is 0.154. The van der Waals surface area contributed by atoms with Gasteiger partial charge in [-0.05, 0) is 92.7 Å². The van der Waals surface area contributed by atoms with Crippen molar-refractivity contribution in [2.75, 3.05) is 12.4 Å². The summed E-state index contributed by atoms with van der Waals surface area (Å²) in [5, 5.41) is 13.4. The van der Waals surface area contributed by atoms with Crippen LogP contribution in [0.2, 0.25) is 10.0 Å². The third kappa shape index (κ3) is 6.59. The first-order valence-electron chi connectivity index (χ1n) is 10.3. The van der Waals surface area contributed by atoms with Gasteiger partial charge in [0.1, 0.15) is 18.2 Å². The third-order valence-corrected chi connectivity index (χ3v) is 7.92. The third-order valence-electron chi connectivity index (χ3n) is 5.04. The van der Waals surface area contributed by atoms with Gasteiger partial charge >= 0.3 is 0 Å². The van der Waals surface area contributed by atoms with Crippen molar-refractivity contribution in [3.05, 3.63) is 89.3 Å². The number of methoxy groups -OCH3 is 1. The van der Waals surface area contributed by atoms with Crippen LogP contribution in [0.25, 0.3) is 6.08 Å². The molecule has 1 N–H and O–H groups in total. The number of halogens is 4. The molecule has 1 amide bonds. The van der Waals surface area contributed by atoms with Gasteiger partial charge in [-0.3, -0.25) is 4.79 Å². The maximum Gasteiger partial charge on any atom is 0.266 e. The lowest BCUT2D eigenvalue weighted by atomic mass is 10.1. The largest absolute Gasteiger partial charge is 0.493 e. The molecule has 3 aromatic rings. The number of ether oxygens (including phenoxy) is 2. The van der Waals surface area contributed by atoms with Gasteiger partial charge in [0.25, 0.3) is 5.91 Å². The Bertz CT molecular complexity index is 1370. The Kier molecular flexibility index (Phi) is 9.26. The van der Waals surface area contributed by atoms with Crippen LogP contribution in [0, 0.1) is 25.2 Å². The quantitative estimate of drug-likeness (QED) is 0.209. The van der Waals surface area contributed by atoms with Crippen LogP contribution < -0.4 is 14.8 Å². The summed E-state index contributed by atoms with van der Waals surface area (Å²) in [7, 11) is 1.51. The van der Waals surface area contributed by atoms with Crippen LogP contribution in [0.4, 0.5) is 5.69 Å². The van der Waals surface area contributed by atoms with E-state index in [9.17, 15) is 10.1 Å². The Balaban J connectivity index is 1.89. The van der Waals surface area contributed by atoms with Crippen molar-refractivity contribution in [3.63, 3.8) is 0 Å². The Morgan fingerprint density at radius 2 is 1.83 bits per heavy atom. The monoisotopic (exact) mass is 636 g/mol. The van der Waals surface area contributed by atoms with Gasteiger partial charge in [-0.25, -0.2) is 0 Å². The van der Waals surface area contributed by atoms with Gasteiger partial charge in [0, 0.05) is 10.2 Å². The molecule has 0 bridgehead atoms. The van der Waals surface area contributed by atoms with Crippen molar-refractivity contribution < 1.29 is 14.3 Å². The molecular weight excluding hydrogens is 619 g/mol. The van der Waals surface area contributed by atoms with E-state index in [4.69, 9.17) is 32.7 Å². The van der Waals surface area contributed by atoms with Crippen molar-refractivity contribution in [2.24, 2.45) is 0 Å². The molecule has 3 aromatic carbocycles. The topological polar surface area (TPSA) is 71.3 Å². The number of hydrogen-bond donors (Lipinski definition) is 1. The molecule has 0 atom stereocenters. The summed E-state index contributed by atoms with van der Waals surface area (Å²) >= 11 is 19.1. The van der Waals surface area contributed by atoms with Gasteiger partial charge < -0.3 is 14.8 Å². The number of anilines is 1. The van der Waals surface area contributed by atoms with Crippen molar-refractivity contribution >= 4 is 72.7 Å². The molecule has 0 aliphatic carbocycles. The number of nitrogens with one attached hydrogen (secondary N) is 1. The number of carbonyl (C=O) groups is 1. The second kappa shape index (κ2) is 12.0. The van der Waals surface area contributed by atoms with E-state index in [2.05, 4.69) is 37.2 Å². The minimum absolute atomic E-state index is 0.0656. The van der Waals surface area contributed by atoms with Crippen molar-refractivity contribution in [1.29, 1.82) is 5.26 Å². The summed E-state index contributed by atoms with van der Waals surface area (Å²) in [5.41, 5.74) is 3.95. The minimum atomic E-state index is -0.513. The van der Waals surface area contributed by atoms with Crippen molar-refractivity contribution in [1.82, 2.24) is 0 Å².